The van der Waals surface area contributed by atoms with Gasteiger partial charge in [0.05, 0.1) is 12.1 Å². The minimum atomic E-state index is -0.210. The van der Waals surface area contributed by atoms with Gasteiger partial charge in [0.25, 0.3) is 0 Å². The molecular formula is C12H17BrFNO. The van der Waals surface area contributed by atoms with Crippen LogP contribution in [0.2, 0.25) is 0 Å². The highest BCUT2D eigenvalue weighted by Gasteiger charge is 2.21. The highest BCUT2D eigenvalue weighted by Crippen LogP contribution is 2.25. The summed E-state index contributed by atoms with van der Waals surface area (Å²) in [6, 6.07) is 4.82. The van der Waals surface area contributed by atoms with E-state index in [2.05, 4.69) is 21.2 Å². The second-order valence-electron chi connectivity index (χ2n) is 3.64. The van der Waals surface area contributed by atoms with Crippen molar-refractivity contribution < 1.29 is 9.13 Å². The van der Waals surface area contributed by atoms with Crippen molar-refractivity contribution in [2.24, 2.45) is 0 Å². The van der Waals surface area contributed by atoms with Crippen molar-refractivity contribution in [1.29, 1.82) is 0 Å². The van der Waals surface area contributed by atoms with Gasteiger partial charge in [0.15, 0.2) is 0 Å². The number of hydrogen-bond acceptors (Lipinski definition) is 2. The molecule has 4 heteroatoms. The topological polar surface area (TPSA) is 21.3 Å². The van der Waals surface area contributed by atoms with Crippen LogP contribution in [0.3, 0.4) is 0 Å². The van der Waals surface area contributed by atoms with Gasteiger partial charge in [0.1, 0.15) is 5.82 Å². The first-order valence-corrected chi connectivity index (χ1v) is 6.10. The summed E-state index contributed by atoms with van der Waals surface area (Å²) in [5, 5.41) is 3.23. The standard InChI is InChI=1S/C12H17BrFNO/c1-4-15-12(8(2)16-3)10-7-9(13)5-6-11(10)14/h5-8,12,15H,4H2,1-3H3. The first kappa shape index (κ1) is 13.6. The van der Waals surface area contributed by atoms with E-state index in [0.29, 0.717) is 5.56 Å². The average molecular weight is 290 g/mol. The smallest absolute Gasteiger partial charge is 0.128 e. The molecule has 0 spiro atoms. The quantitative estimate of drug-likeness (QED) is 0.898. The Morgan fingerprint density at radius 3 is 2.75 bits per heavy atom. The lowest BCUT2D eigenvalue weighted by Gasteiger charge is -2.24. The maximum absolute atomic E-state index is 13.7. The van der Waals surface area contributed by atoms with Gasteiger partial charge in [-0.05, 0) is 31.7 Å². The molecule has 0 bridgehead atoms. The molecule has 0 aromatic heterocycles. The summed E-state index contributed by atoms with van der Waals surface area (Å²) in [5.74, 6) is -0.210. The van der Waals surface area contributed by atoms with Crippen LogP contribution in [0.5, 0.6) is 0 Å². The average Bonchev–Trinajstić information content (AvgIpc) is 2.28. The van der Waals surface area contributed by atoms with E-state index in [1.807, 2.05) is 13.8 Å². The highest BCUT2D eigenvalue weighted by atomic mass is 79.9. The van der Waals surface area contributed by atoms with E-state index in [-0.39, 0.29) is 18.0 Å². The maximum Gasteiger partial charge on any atom is 0.128 e. The molecule has 16 heavy (non-hydrogen) atoms. The molecule has 0 heterocycles. The maximum atomic E-state index is 13.7. The van der Waals surface area contributed by atoms with E-state index in [1.54, 1.807) is 19.2 Å². The zero-order valence-electron chi connectivity index (χ0n) is 9.76. The van der Waals surface area contributed by atoms with Gasteiger partial charge in [-0.3, -0.25) is 0 Å². The lowest BCUT2D eigenvalue weighted by Crippen LogP contribution is -2.32. The monoisotopic (exact) mass is 289 g/mol. The normalized spacial score (nSPS) is 14.8. The number of halogens is 2. The van der Waals surface area contributed by atoms with Gasteiger partial charge in [-0.2, -0.15) is 0 Å². The van der Waals surface area contributed by atoms with Gasteiger partial charge in [-0.15, -0.1) is 0 Å². The fourth-order valence-electron chi connectivity index (χ4n) is 1.64. The Kier molecular flexibility index (Phi) is 5.38. The number of methoxy groups -OCH3 is 1. The van der Waals surface area contributed by atoms with Crippen molar-refractivity contribution in [2.75, 3.05) is 13.7 Å². The predicted molar refractivity (Wildman–Crippen MR) is 67.0 cm³/mol. The Bertz CT molecular complexity index is 346. The van der Waals surface area contributed by atoms with Crippen molar-refractivity contribution in [1.82, 2.24) is 5.32 Å². The van der Waals surface area contributed by atoms with Crippen molar-refractivity contribution in [3.8, 4) is 0 Å². The molecule has 0 amide bonds. The Balaban J connectivity index is 3.04. The minimum Gasteiger partial charge on any atom is -0.380 e. The molecule has 0 radical (unpaired) electrons. The third kappa shape index (κ3) is 3.27. The Morgan fingerprint density at radius 2 is 2.19 bits per heavy atom. The van der Waals surface area contributed by atoms with Gasteiger partial charge in [-0.1, -0.05) is 22.9 Å². The molecule has 1 aromatic rings. The molecule has 2 atom stereocenters. The van der Waals surface area contributed by atoms with Crippen molar-refractivity contribution in [3.05, 3.63) is 34.1 Å². The van der Waals surface area contributed by atoms with Gasteiger partial charge < -0.3 is 10.1 Å². The summed E-state index contributed by atoms with van der Waals surface area (Å²) in [5.41, 5.74) is 0.630. The molecule has 90 valence electrons. The van der Waals surface area contributed by atoms with Crippen molar-refractivity contribution in [3.63, 3.8) is 0 Å². The van der Waals surface area contributed by atoms with Gasteiger partial charge in [0.2, 0.25) is 0 Å². The van der Waals surface area contributed by atoms with Crippen molar-refractivity contribution in [2.45, 2.75) is 26.0 Å². The third-order valence-electron chi connectivity index (χ3n) is 2.56. The van der Waals surface area contributed by atoms with Crippen LogP contribution in [0.15, 0.2) is 22.7 Å². The lowest BCUT2D eigenvalue weighted by molar-refractivity contribution is 0.0823. The number of rotatable bonds is 5. The molecule has 2 nitrogen and oxygen atoms in total. The molecule has 0 saturated carbocycles. The molecule has 1 aromatic carbocycles. The second kappa shape index (κ2) is 6.33. The SMILES string of the molecule is CCNC(c1cc(Br)ccc1F)C(C)OC. The Morgan fingerprint density at radius 1 is 1.50 bits per heavy atom. The van der Waals surface area contributed by atoms with Gasteiger partial charge in [0, 0.05) is 17.1 Å². The first-order chi connectivity index (χ1) is 7.60. The molecule has 0 fully saturated rings. The fraction of sp³-hybridized carbons (Fsp3) is 0.500. The molecule has 2 unspecified atom stereocenters. The molecule has 0 aliphatic carbocycles. The first-order valence-electron chi connectivity index (χ1n) is 5.31. The van der Waals surface area contributed by atoms with Crippen LogP contribution in [0.1, 0.15) is 25.5 Å². The zero-order valence-corrected chi connectivity index (χ0v) is 11.3. The second-order valence-corrected chi connectivity index (χ2v) is 4.56. The number of benzene rings is 1. The van der Waals surface area contributed by atoms with E-state index in [0.717, 1.165) is 11.0 Å². The number of hydrogen-bond donors (Lipinski definition) is 1. The molecule has 0 aliphatic heterocycles. The van der Waals surface area contributed by atoms with Gasteiger partial charge >= 0.3 is 0 Å². The van der Waals surface area contributed by atoms with Crippen LogP contribution in [-0.4, -0.2) is 19.8 Å². The molecule has 1 rings (SSSR count). The fourth-order valence-corrected chi connectivity index (χ4v) is 2.02. The zero-order chi connectivity index (χ0) is 12.1. The summed E-state index contributed by atoms with van der Waals surface area (Å²) in [7, 11) is 1.63. The molecular weight excluding hydrogens is 273 g/mol. The van der Waals surface area contributed by atoms with Crippen LogP contribution < -0.4 is 5.32 Å². The largest absolute Gasteiger partial charge is 0.380 e. The Hall–Kier alpha value is -0.450. The summed E-state index contributed by atoms with van der Waals surface area (Å²) in [4.78, 5) is 0. The highest BCUT2D eigenvalue weighted by molar-refractivity contribution is 9.10. The third-order valence-corrected chi connectivity index (χ3v) is 3.05. The van der Waals surface area contributed by atoms with Gasteiger partial charge in [-0.25, -0.2) is 4.39 Å². The molecule has 0 aliphatic rings. The molecule has 0 saturated heterocycles. The van der Waals surface area contributed by atoms with Crippen LogP contribution in [0, 0.1) is 5.82 Å². The van der Waals surface area contributed by atoms with E-state index in [1.165, 1.54) is 6.07 Å². The van der Waals surface area contributed by atoms with E-state index >= 15 is 0 Å². The summed E-state index contributed by atoms with van der Waals surface area (Å²) in [6.07, 6.45) is -0.0799. The number of ether oxygens (including phenoxy) is 1. The summed E-state index contributed by atoms with van der Waals surface area (Å²) in [6.45, 7) is 4.68. The van der Waals surface area contributed by atoms with E-state index in [9.17, 15) is 4.39 Å². The minimum absolute atomic E-state index is 0.0799. The number of nitrogens with one attached hydrogen (secondary N) is 1. The van der Waals surface area contributed by atoms with E-state index < -0.39 is 0 Å². The predicted octanol–water partition coefficient (Wildman–Crippen LogP) is 3.27. The molecule has 1 N–H and O–H groups in total. The van der Waals surface area contributed by atoms with Crippen LogP contribution >= 0.6 is 15.9 Å². The van der Waals surface area contributed by atoms with E-state index in [4.69, 9.17) is 4.74 Å². The summed E-state index contributed by atoms with van der Waals surface area (Å²) >= 11 is 3.35. The van der Waals surface area contributed by atoms with Crippen LogP contribution in [0.25, 0.3) is 0 Å². The lowest BCUT2D eigenvalue weighted by atomic mass is 10.0. The summed E-state index contributed by atoms with van der Waals surface area (Å²) < 4.78 is 19.9. The Labute approximate surface area is 104 Å². The van der Waals surface area contributed by atoms with Crippen molar-refractivity contribution >= 4 is 15.9 Å². The number of likely N-dealkylation sites (N-methyl/N-ethyl adjacent to an activating group) is 1. The van der Waals surface area contributed by atoms with Crippen LogP contribution in [-0.2, 0) is 4.74 Å². The van der Waals surface area contributed by atoms with Crippen LogP contribution in [0.4, 0.5) is 4.39 Å².